The lowest BCUT2D eigenvalue weighted by Crippen LogP contribution is -2.48. The third-order valence-corrected chi connectivity index (χ3v) is 5.32. The van der Waals surface area contributed by atoms with Crippen molar-refractivity contribution in [2.45, 2.75) is 38.5 Å². The molecule has 1 atom stereocenters. The van der Waals surface area contributed by atoms with Gasteiger partial charge in [0, 0.05) is 5.57 Å². The molecule has 0 bridgehead atoms. The zero-order valence-corrected chi connectivity index (χ0v) is 14.7. The van der Waals surface area contributed by atoms with Crippen molar-refractivity contribution in [1.29, 1.82) is 0 Å². The predicted molar refractivity (Wildman–Crippen MR) is 91.2 cm³/mol. The summed E-state index contributed by atoms with van der Waals surface area (Å²) in [5.41, 5.74) is 3.65. The summed E-state index contributed by atoms with van der Waals surface area (Å²) in [5.74, 6) is -0.685. The quantitative estimate of drug-likeness (QED) is 0.639. The second kappa shape index (κ2) is 7.59. The van der Waals surface area contributed by atoms with Gasteiger partial charge >= 0.3 is 5.97 Å². The fourth-order valence-electron chi connectivity index (χ4n) is 1.77. The smallest absolute Gasteiger partial charge is 0.329 e. The number of benzene rings is 1. The molecule has 1 aromatic rings. The summed E-state index contributed by atoms with van der Waals surface area (Å²) in [4.78, 5) is 12.3. The Hall–Kier alpha value is -1.88. The van der Waals surface area contributed by atoms with Gasteiger partial charge in [0.1, 0.15) is 0 Å². The van der Waals surface area contributed by atoms with Gasteiger partial charge in [-0.2, -0.15) is 4.72 Å². The van der Waals surface area contributed by atoms with Gasteiger partial charge in [0.05, 0.1) is 11.4 Å². The first kappa shape index (κ1) is 19.2. The van der Waals surface area contributed by atoms with E-state index < -0.39 is 26.8 Å². The lowest BCUT2D eigenvalue weighted by Gasteiger charge is -2.25. The summed E-state index contributed by atoms with van der Waals surface area (Å²) in [6, 6.07) is 7.71. The number of nitrogens with one attached hydrogen (secondary N) is 1. The highest BCUT2D eigenvalue weighted by Gasteiger charge is 2.36. The summed E-state index contributed by atoms with van der Waals surface area (Å²) in [6.07, 6.45) is 0. The molecule has 0 radical (unpaired) electrons. The first-order chi connectivity index (χ1) is 10.6. The third-order valence-electron chi connectivity index (χ3n) is 3.17. The lowest BCUT2D eigenvalue weighted by molar-refractivity contribution is -0.143. The molecule has 0 fully saturated rings. The Balaban J connectivity index is 3.31. The first-order valence-electron chi connectivity index (χ1n) is 7.28. The highest BCUT2D eigenvalue weighted by Crippen LogP contribution is 2.22. The SMILES string of the molecule is C=C=C(c1ccccc1)[C@H](NS(=O)(=O)C(C)(C)C)C(=O)OCC. The van der Waals surface area contributed by atoms with Crippen molar-refractivity contribution in [3.8, 4) is 0 Å². The van der Waals surface area contributed by atoms with E-state index in [1.807, 2.05) is 6.07 Å². The monoisotopic (exact) mass is 337 g/mol. The van der Waals surface area contributed by atoms with Crippen LogP contribution in [-0.4, -0.2) is 31.8 Å². The molecule has 0 aliphatic heterocycles. The van der Waals surface area contributed by atoms with E-state index in [1.165, 1.54) is 0 Å². The molecule has 6 heteroatoms. The Kier molecular flexibility index (Phi) is 6.33. The van der Waals surface area contributed by atoms with E-state index in [-0.39, 0.29) is 6.61 Å². The van der Waals surface area contributed by atoms with Gasteiger partial charge in [-0.25, -0.2) is 13.2 Å². The molecule has 5 nitrogen and oxygen atoms in total. The molecular formula is C17H23NO4S. The maximum atomic E-state index is 12.4. The van der Waals surface area contributed by atoms with Gasteiger partial charge in [-0.3, -0.25) is 0 Å². The Morgan fingerprint density at radius 2 is 1.87 bits per heavy atom. The molecule has 0 unspecified atom stereocenters. The van der Waals surface area contributed by atoms with Gasteiger partial charge in [0.15, 0.2) is 6.04 Å². The number of hydrogen-bond donors (Lipinski definition) is 1. The molecule has 0 heterocycles. The topological polar surface area (TPSA) is 72.5 Å². The van der Waals surface area contributed by atoms with E-state index in [9.17, 15) is 13.2 Å². The number of esters is 1. The van der Waals surface area contributed by atoms with Crippen molar-refractivity contribution < 1.29 is 17.9 Å². The molecular weight excluding hydrogens is 314 g/mol. The number of rotatable bonds is 6. The first-order valence-corrected chi connectivity index (χ1v) is 8.76. The van der Waals surface area contributed by atoms with Crippen LogP contribution in [0.15, 0.2) is 42.6 Å². The van der Waals surface area contributed by atoms with Crippen LogP contribution in [-0.2, 0) is 19.6 Å². The Morgan fingerprint density at radius 1 is 1.30 bits per heavy atom. The number of carbonyl (C=O) groups is 1. The van der Waals surface area contributed by atoms with Crippen molar-refractivity contribution in [2.24, 2.45) is 0 Å². The molecule has 23 heavy (non-hydrogen) atoms. The summed E-state index contributed by atoms with van der Waals surface area (Å²) >= 11 is 0. The molecule has 1 N–H and O–H groups in total. The van der Waals surface area contributed by atoms with E-state index in [4.69, 9.17) is 4.74 Å². The predicted octanol–water partition coefficient (Wildman–Crippen LogP) is 2.50. The summed E-state index contributed by atoms with van der Waals surface area (Å²) in [6.45, 7) is 10.1. The van der Waals surface area contributed by atoms with Gasteiger partial charge in [-0.05, 0) is 33.3 Å². The molecule has 0 saturated heterocycles. The molecule has 0 saturated carbocycles. The maximum Gasteiger partial charge on any atom is 0.329 e. The highest BCUT2D eigenvalue weighted by molar-refractivity contribution is 7.90. The summed E-state index contributed by atoms with van der Waals surface area (Å²) in [7, 11) is -3.76. The summed E-state index contributed by atoms with van der Waals surface area (Å²) < 4.78 is 31.3. The Bertz CT molecular complexity index is 696. The van der Waals surface area contributed by atoms with Crippen LogP contribution in [0.25, 0.3) is 5.57 Å². The van der Waals surface area contributed by atoms with E-state index in [2.05, 4.69) is 17.0 Å². The third kappa shape index (κ3) is 4.79. The molecule has 126 valence electrons. The zero-order valence-electron chi connectivity index (χ0n) is 13.9. The molecule has 1 rings (SSSR count). The van der Waals surface area contributed by atoms with Crippen molar-refractivity contribution in [3.63, 3.8) is 0 Å². The van der Waals surface area contributed by atoms with Gasteiger partial charge in [0.2, 0.25) is 10.0 Å². The average Bonchev–Trinajstić information content (AvgIpc) is 2.47. The molecule has 0 aliphatic rings. The minimum atomic E-state index is -3.76. The minimum absolute atomic E-state index is 0.145. The number of carbonyl (C=O) groups excluding carboxylic acids is 1. The highest BCUT2D eigenvalue weighted by atomic mass is 32.2. The van der Waals surface area contributed by atoms with Crippen LogP contribution in [0.2, 0.25) is 0 Å². The van der Waals surface area contributed by atoms with Crippen LogP contribution in [0.1, 0.15) is 33.3 Å². The fraction of sp³-hybridized carbons (Fsp3) is 0.412. The Labute approximate surface area is 138 Å². The van der Waals surface area contributed by atoms with Crippen molar-refractivity contribution >= 4 is 21.6 Å². The number of ether oxygens (including phenoxy) is 1. The fourth-order valence-corrected chi connectivity index (χ4v) is 2.65. The van der Waals surface area contributed by atoms with E-state index in [0.29, 0.717) is 11.1 Å². The standard InChI is InChI=1S/C17H23NO4S/c1-6-14(13-11-9-8-10-12-13)15(16(19)22-7-2)18-23(20,21)17(3,4)5/h8-12,15,18H,1,7H2,2-5H3/t15-/m0/s1. The normalized spacial score (nSPS) is 13.0. The van der Waals surface area contributed by atoms with Crippen molar-refractivity contribution in [2.75, 3.05) is 6.61 Å². The van der Waals surface area contributed by atoms with Crippen LogP contribution < -0.4 is 4.72 Å². The molecule has 0 aromatic heterocycles. The van der Waals surface area contributed by atoms with E-state index in [0.717, 1.165) is 0 Å². The van der Waals surface area contributed by atoms with Crippen LogP contribution in [0.3, 0.4) is 0 Å². The van der Waals surface area contributed by atoms with Crippen LogP contribution in [0.5, 0.6) is 0 Å². The van der Waals surface area contributed by atoms with Gasteiger partial charge < -0.3 is 4.74 Å². The summed E-state index contributed by atoms with van der Waals surface area (Å²) in [5, 5.41) is 0. The van der Waals surface area contributed by atoms with Gasteiger partial charge in [0.25, 0.3) is 0 Å². The number of sulfonamides is 1. The van der Waals surface area contributed by atoms with Crippen LogP contribution in [0, 0.1) is 0 Å². The lowest BCUT2D eigenvalue weighted by atomic mass is 10.0. The largest absolute Gasteiger partial charge is 0.465 e. The maximum absolute atomic E-state index is 12.4. The Morgan fingerprint density at radius 3 is 2.30 bits per heavy atom. The number of hydrogen-bond acceptors (Lipinski definition) is 4. The van der Waals surface area contributed by atoms with E-state index in [1.54, 1.807) is 52.0 Å². The molecule has 0 spiro atoms. The van der Waals surface area contributed by atoms with Gasteiger partial charge in [-0.15, -0.1) is 5.73 Å². The minimum Gasteiger partial charge on any atom is -0.465 e. The van der Waals surface area contributed by atoms with Crippen LogP contribution >= 0.6 is 0 Å². The molecule has 0 amide bonds. The van der Waals surface area contributed by atoms with Gasteiger partial charge in [-0.1, -0.05) is 36.9 Å². The van der Waals surface area contributed by atoms with Crippen molar-refractivity contribution in [3.05, 3.63) is 48.2 Å². The second-order valence-electron chi connectivity index (χ2n) is 5.88. The molecule has 1 aromatic carbocycles. The average molecular weight is 337 g/mol. The second-order valence-corrected chi connectivity index (χ2v) is 8.34. The molecule has 0 aliphatic carbocycles. The van der Waals surface area contributed by atoms with E-state index >= 15 is 0 Å². The zero-order chi connectivity index (χ0) is 17.7. The van der Waals surface area contributed by atoms with Crippen molar-refractivity contribution in [1.82, 2.24) is 4.72 Å². The van der Waals surface area contributed by atoms with Crippen LogP contribution in [0.4, 0.5) is 0 Å².